The maximum atomic E-state index is 13.8. The number of fused-ring (bicyclic) bond motifs is 3. The number of unbranched alkanes of at least 4 members (excludes halogenated alkanes) is 2. The maximum Gasteiger partial charge on any atom is 0.312 e. The number of imidazole rings is 1. The minimum atomic E-state index is -1.10. The molecule has 406 valence electrons. The van der Waals surface area contributed by atoms with Gasteiger partial charge in [-0.3, -0.25) is 38.5 Å². The van der Waals surface area contributed by atoms with Gasteiger partial charge in [0.25, 0.3) is 11.8 Å². The van der Waals surface area contributed by atoms with Crippen molar-refractivity contribution in [2.45, 2.75) is 138 Å². The van der Waals surface area contributed by atoms with Crippen molar-refractivity contribution in [1.82, 2.24) is 35.4 Å². The summed E-state index contributed by atoms with van der Waals surface area (Å²) in [5.74, 6) is -2.28. The van der Waals surface area contributed by atoms with Crippen LogP contribution in [-0.2, 0) is 74.0 Å². The topological polar surface area (TPSA) is 286 Å². The van der Waals surface area contributed by atoms with E-state index in [2.05, 4.69) is 25.5 Å². The first kappa shape index (κ1) is 58.8. The molecule has 0 bridgehead atoms. The minimum absolute atomic E-state index is 0.0102. The molecule has 2 atom stereocenters. The van der Waals surface area contributed by atoms with E-state index in [1.807, 2.05) is 58.9 Å². The number of nitrogens with one attached hydrogen (secondary N) is 3. The lowest BCUT2D eigenvalue weighted by Crippen LogP contribution is -2.46. The number of nitrogens with zero attached hydrogens (tertiary/aromatic N) is 4. The number of carbonyl (C=O) groups excluding carboxylic acids is 8. The van der Waals surface area contributed by atoms with E-state index in [0.717, 1.165) is 21.3 Å². The predicted molar refractivity (Wildman–Crippen MR) is 282 cm³/mol. The summed E-state index contributed by atoms with van der Waals surface area (Å²) in [6, 6.07) is 13.0. The zero-order valence-electron chi connectivity index (χ0n) is 44.5. The molecule has 0 saturated carbocycles. The molecule has 2 aromatic heterocycles. The highest BCUT2D eigenvalue weighted by atomic mass is 16.5. The Hall–Kier alpha value is -7.06. The van der Waals surface area contributed by atoms with E-state index in [1.54, 1.807) is 38.1 Å². The van der Waals surface area contributed by atoms with Crippen LogP contribution in [0.2, 0.25) is 0 Å². The molecule has 1 aliphatic rings. The number of nitrogen functional groups attached to an aromatic ring is 1. The van der Waals surface area contributed by atoms with Crippen LogP contribution in [0.4, 0.5) is 10.6 Å². The van der Waals surface area contributed by atoms with E-state index >= 15 is 0 Å². The monoisotopic (exact) mass is 1040 g/mol. The summed E-state index contributed by atoms with van der Waals surface area (Å²) in [5.41, 5.74) is 13.3. The lowest BCUT2D eigenvalue weighted by molar-refractivity contribution is -0.150. The van der Waals surface area contributed by atoms with Crippen LogP contribution in [0, 0.1) is 17.3 Å². The summed E-state index contributed by atoms with van der Waals surface area (Å²) in [4.78, 5) is 112. The van der Waals surface area contributed by atoms with Crippen LogP contribution in [0.15, 0.2) is 60.7 Å². The van der Waals surface area contributed by atoms with Crippen LogP contribution in [0.5, 0.6) is 0 Å². The van der Waals surface area contributed by atoms with Crippen LogP contribution >= 0.6 is 0 Å². The Kier molecular flexibility index (Phi) is 21.5. The van der Waals surface area contributed by atoms with Gasteiger partial charge in [-0.15, -0.1) is 0 Å². The predicted octanol–water partition coefficient (Wildman–Crippen LogP) is 5.54. The van der Waals surface area contributed by atoms with Gasteiger partial charge in [0, 0.05) is 69.0 Å². The van der Waals surface area contributed by atoms with Gasteiger partial charge < -0.3 is 46.2 Å². The molecular formula is C55H75N9O11. The van der Waals surface area contributed by atoms with Crippen molar-refractivity contribution in [2.75, 3.05) is 38.6 Å². The third-order valence-corrected chi connectivity index (χ3v) is 13.0. The molecule has 0 aliphatic carbocycles. The summed E-state index contributed by atoms with van der Waals surface area (Å²) in [7, 11) is 0. The molecule has 5 rings (SSSR count). The first-order valence-electron chi connectivity index (χ1n) is 25.8. The molecule has 3 heterocycles. The number of primary amides is 1. The van der Waals surface area contributed by atoms with Gasteiger partial charge in [0.15, 0.2) is 11.6 Å². The number of benzene rings is 2. The number of carbonyl (C=O) groups is 8. The van der Waals surface area contributed by atoms with E-state index in [4.69, 9.17) is 30.7 Å². The number of imide groups is 1. The number of Topliss-reactive ketones (excluding diaryl/α,β-unsaturated/α-hetero) is 2. The number of ether oxygens (including phenoxy) is 3. The Morgan fingerprint density at radius 2 is 1.52 bits per heavy atom. The van der Waals surface area contributed by atoms with Crippen LogP contribution in [0.25, 0.3) is 21.9 Å². The number of ketones is 2. The first-order chi connectivity index (χ1) is 35.6. The third kappa shape index (κ3) is 17.5. The second kappa shape index (κ2) is 27.5. The molecule has 4 aromatic rings. The number of amides is 6. The highest BCUT2D eigenvalue weighted by Crippen LogP contribution is 2.31. The molecule has 1 aliphatic heterocycles. The van der Waals surface area contributed by atoms with Crippen molar-refractivity contribution >= 4 is 74.9 Å². The number of urea groups is 1. The van der Waals surface area contributed by atoms with Crippen LogP contribution < -0.4 is 27.4 Å². The summed E-state index contributed by atoms with van der Waals surface area (Å²) < 4.78 is 19.7. The van der Waals surface area contributed by atoms with Crippen molar-refractivity contribution in [1.29, 1.82) is 0 Å². The van der Waals surface area contributed by atoms with Crippen LogP contribution in [0.1, 0.15) is 117 Å². The van der Waals surface area contributed by atoms with Crippen molar-refractivity contribution in [3.63, 3.8) is 0 Å². The fourth-order valence-corrected chi connectivity index (χ4v) is 8.78. The Balaban J connectivity index is 1.07. The molecule has 20 heteroatoms. The maximum absolute atomic E-state index is 13.8. The Morgan fingerprint density at radius 1 is 0.827 bits per heavy atom. The van der Waals surface area contributed by atoms with Crippen molar-refractivity contribution < 1.29 is 52.6 Å². The summed E-state index contributed by atoms with van der Waals surface area (Å²) >= 11 is 0. The van der Waals surface area contributed by atoms with Crippen molar-refractivity contribution in [3.8, 4) is 0 Å². The lowest BCUT2D eigenvalue weighted by atomic mass is 9.88. The number of aromatic nitrogens is 3. The Bertz CT molecular complexity index is 2690. The normalized spacial score (nSPS) is 13.6. The highest BCUT2D eigenvalue weighted by Gasteiger charge is 2.33. The molecule has 0 spiro atoms. The molecule has 7 N–H and O–H groups in total. The fraction of sp³-hybridized carbons (Fsp3) is 0.527. The van der Waals surface area contributed by atoms with Crippen LogP contribution in [-0.4, -0.2) is 111 Å². The number of esters is 1. The summed E-state index contributed by atoms with van der Waals surface area (Å²) in [6.45, 7) is 14.8. The fourth-order valence-electron chi connectivity index (χ4n) is 8.78. The second-order valence-corrected chi connectivity index (χ2v) is 20.6. The average molecular weight is 1040 g/mol. The van der Waals surface area contributed by atoms with E-state index in [-0.39, 0.29) is 107 Å². The third-order valence-electron chi connectivity index (χ3n) is 13.0. The number of rotatable bonds is 32. The van der Waals surface area contributed by atoms with Gasteiger partial charge >= 0.3 is 12.0 Å². The van der Waals surface area contributed by atoms with Gasteiger partial charge in [0.1, 0.15) is 30.3 Å². The number of hydrogen-bond donors (Lipinski definition) is 5. The van der Waals surface area contributed by atoms with E-state index in [0.29, 0.717) is 67.1 Å². The molecule has 20 nitrogen and oxygen atoms in total. The molecule has 0 unspecified atom stereocenters. The largest absolute Gasteiger partial charge is 0.461 e. The summed E-state index contributed by atoms with van der Waals surface area (Å²) in [6.07, 6.45) is 4.77. The van der Waals surface area contributed by atoms with Gasteiger partial charge in [-0.1, -0.05) is 76.6 Å². The van der Waals surface area contributed by atoms with Gasteiger partial charge in [0.05, 0.1) is 47.7 Å². The number of para-hydroxylation sites is 1. The smallest absolute Gasteiger partial charge is 0.312 e. The second-order valence-electron chi connectivity index (χ2n) is 20.6. The van der Waals surface area contributed by atoms with Gasteiger partial charge in [-0.25, -0.2) is 14.8 Å². The van der Waals surface area contributed by atoms with Gasteiger partial charge in [0.2, 0.25) is 11.8 Å². The van der Waals surface area contributed by atoms with Crippen LogP contribution in [0.3, 0.4) is 0 Å². The summed E-state index contributed by atoms with van der Waals surface area (Å²) in [5, 5.41) is 9.17. The number of nitrogens with two attached hydrogens (primary N) is 2. The van der Waals surface area contributed by atoms with E-state index < -0.39 is 40.9 Å². The van der Waals surface area contributed by atoms with Crippen molar-refractivity contribution in [3.05, 3.63) is 77.6 Å². The Morgan fingerprint density at radius 3 is 2.20 bits per heavy atom. The van der Waals surface area contributed by atoms with Gasteiger partial charge in [-0.2, -0.15) is 0 Å². The zero-order valence-corrected chi connectivity index (χ0v) is 44.5. The quantitative estimate of drug-likeness (QED) is 0.0228. The van der Waals surface area contributed by atoms with E-state index in [1.165, 1.54) is 12.2 Å². The molecule has 2 aromatic carbocycles. The molecular weight excluding hydrogens is 963 g/mol. The minimum Gasteiger partial charge on any atom is -0.461 e. The molecule has 75 heavy (non-hydrogen) atoms. The molecule has 0 radical (unpaired) electrons. The number of anilines is 1. The molecule has 0 fully saturated rings. The molecule has 6 amide bonds. The number of pyridine rings is 1. The van der Waals surface area contributed by atoms with Crippen molar-refractivity contribution in [2.24, 2.45) is 23.0 Å². The first-order valence-corrected chi connectivity index (χ1v) is 25.8. The standard InChI is InChI=1S/C55H75N9O11/c1-8-73-33-44-62-48-49(39-16-11-12-17-41(39)60-50(48)56)64(44)34-55(6,7)75-28-26-58-52(71)54(4,5)31-47(69)74-32-37-21-19-36(20-22-37)29-43(66)42(18-14-25-59-53(57)72)61-51(70)40(35(2)3)30-38(65)15-10-9-13-27-63-45(67)23-24-46(63)68/h11-12,16-17,19-24,35,40,42H,8-10,13-15,18,25-34H2,1-7H3,(H2,56,60)(H,58,71)(H,61,70)(H3,57,59,72)/t40-,42-/m0/s1. The molecule has 0 saturated heterocycles. The number of hydrogen-bond acceptors (Lipinski definition) is 14. The average Bonchev–Trinajstić information content (AvgIpc) is 3.88. The Labute approximate surface area is 438 Å². The lowest BCUT2D eigenvalue weighted by Gasteiger charge is -2.28. The zero-order chi connectivity index (χ0) is 54.9. The van der Waals surface area contributed by atoms with Gasteiger partial charge in [-0.05, 0) is 69.6 Å². The SMILES string of the molecule is CCOCc1nc2c(N)nc3ccccc3c2n1CC(C)(C)OCCNC(=O)C(C)(C)CC(=O)OCc1ccc(CC(=O)[C@H](CCCNC(N)=O)NC(=O)[C@@H](CC(=O)CCCCCN2C(=O)C=CC2=O)C(C)C)cc1. The van der Waals surface area contributed by atoms with E-state index in [9.17, 15) is 38.4 Å². The highest BCUT2D eigenvalue weighted by molar-refractivity contribution is 6.13.